The van der Waals surface area contributed by atoms with Gasteiger partial charge in [-0.15, -0.1) is 0 Å². The Kier molecular flexibility index (Phi) is 2.92. The lowest BCUT2D eigenvalue weighted by Crippen LogP contribution is -2.19. The minimum absolute atomic E-state index is 0.0210. The minimum atomic E-state index is -0.605. The van der Waals surface area contributed by atoms with Gasteiger partial charge in [-0.3, -0.25) is 0 Å². The van der Waals surface area contributed by atoms with Gasteiger partial charge >= 0.3 is 0 Å². The van der Waals surface area contributed by atoms with E-state index in [2.05, 4.69) is 0 Å². The summed E-state index contributed by atoms with van der Waals surface area (Å²) in [4.78, 5) is 10.9. The molecule has 84 valence electrons. The highest BCUT2D eigenvalue weighted by atomic mass is 16.5. The zero-order chi connectivity index (χ0) is 11.6. The molecule has 0 bridgehead atoms. The van der Waals surface area contributed by atoms with Gasteiger partial charge in [0.05, 0.1) is 5.57 Å². The van der Waals surface area contributed by atoms with Crippen LogP contribution in [0.15, 0.2) is 35.9 Å². The van der Waals surface area contributed by atoms with Crippen LogP contribution in [0.5, 0.6) is 0 Å². The number of rotatable bonds is 4. The maximum atomic E-state index is 10.9. The lowest BCUT2D eigenvalue weighted by molar-refractivity contribution is 0.0355. The summed E-state index contributed by atoms with van der Waals surface area (Å²) in [7, 11) is 0. The van der Waals surface area contributed by atoms with Crippen LogP contribution in [0.1, 0.15) is 12.5 Å². The summed E-state index contributed by atoms with van der Waals surface area (Å²) >= 11 is 0. The Morgan fingerprint density at radius 2 is 2.12 bits per heavy atom. The predicted octanol–water partition coefficient (Wildman–Crippen LogP) is 1.26. The lowest BCUT2D eigenvalue weighted by atomic mass is 10.1. The van der Waals surface area contributed by atoms with Crippen molar-refractivity contribution in [2.24, 2.45) is 11.7 Å². The molecule has 1 aromatic carbocycles. The fraction of sp³-hybridized carbons (Fsp3) is 0.385. The number of ether oxygens (including phenoxy) is 1. The van der Waals surface area contributed by atoms with Crippen molar-refractivity contribution in [3.8, 4) is 0 Å². The minimum Gasteiger partial charge on any atom is -0.365 e. The highest BCUT2D eigenvalue weighted by Gasteiger charge is 2.63. The Balaban J connectivity index is 2.43. The van der Waals surface area contributed by atoms with E-state index in [1.165, 1.54) is 0 Å². The van der Waals surface area contributed by atoms with Gasteiger partial charge in [0, 0.05) is 19.1 Å². The maximum absolute atomic E-state index is 10.9. The first-order chi connectivity index (χ1) is 7.81. The molecule has 0 heterocycles. The Hall–Kier alpha value is -1.41. The fourth-order valence-corrected chi connectivity index (χ4v) is 2.33. The van der Waals surface area contributed by atoms with Crippen molar-refractivity contribution >= 4 is 5.94 Å². The van der Waals surface area contributed by atoms with E-state index >= 15 is 0 Å². The molecule has 0 saturated heterocycles. The molecule has 16 heavy (non-hydrogen) atoms. The molecule has 0 amide bonds. The molecule has 1 saturated carbocycles. The zero-order valence-electron chi connectivity index (χ0n) is 9.27. The summed E-state index contributed by atoms with van der Waals surface area (Å²) in [5.41, 5.74) is 6.69. The predicted molar refractivity (Wildman–Crippen MR) is 61.5 cm³/mol. The van der Waals surface area contributed by atoms with E-state index in [0.29, 0.717) is 18.7 Å². The molecule has 3 heteroatoms. The Morgan fingerprint density at radius 3 is 2.56 bits per heavy atom. The third-order valence-electron chi connectivity index (χ3n) is 3.08. The average molecular weight is 217 g/mol. The van der Waals surface area contributed by atoms with Crippen LogP contribution >= 0.6 is 0 Å². The fourth-order valence-electron chi connectivity index (χ4n) is 2.33. The van der Waals surface area contributed by atoms with Crippen LogP contribution in [-0.4, -0.2) is 19.1 Å². The monoisotopic (exact) mass is 217 g/mol. The molecule has 1 fully saturated rings. The van der Waals surface area contributed by atoms with Crippen molar-refractivity contribution in [1.29, 1.82) is 0 Å². The second-order valence-corrected chi connectivity index (χ2v) is 3.84. The van der Waals surface area contributed by atoms with Gasteiger partial charge < -0.3 is 10.5 Å². The molecule has 2 rings (SSSR count). The highest BCUT2D eigenvalue weighted by Crippen LogP contribution is 2.58. The molecule has 1 aromatic rings. The van der Waals surface area contributed by atoms with Crippen molar-refractivity contribution in [3.05, 3.63) is 41.5 Å². The molecule has 2 unspecified atom stereocenters. The van der Waals surface area contributed by atoms with Gasteiger partial charge in [-0.2, -0.15) is 0 Å². The molecule has 1 aliphatic rings. The van der Waals surface area contributed by atoms with Crippen molar-refractivity contribution in [1.82, 2.24) is 0 Å². The van der Waals surface area contributed by atoms with Gasteiger partial charge in [0.25, 0.3) is 0 Å². The van der Waals surface area contributed by atoms with Gasteiger partial charge in [0.15, 0.2) is 0 Å². The van der Waals surface area contributed by atoms with Crippen LogP contribution in [0.4, 0.5) is 0 Å². The highest BCUT2D eigenvalue weighted by molar-refractivity contribution is 5.70. The summed E-state index contributed by atoms with van der Waals surface area (Å²) in [6.45, 7) is 2.88. The largest absolute Gasteiger partial charge is 0.365 e. The van der Waals surface area contributed by atoms with Crippen LogP contribution in [0.25, 0.3) is 0 Å². The van der Waals surface area contributed by atoms with E-state index in [1.807, 2.05) is 43.2 Å². The maximum Gasteiger partial charge on any atom is 0.134 e. The summed E-state index contributed by atoms with van der Waals surface area (Å²) in [6.07, 6.45) is 0. The SMILES string of the molecule is CCOC1(c2ccccc2)C(=C=O)C1CN. The first kappa shape index (κ1) is 11.1. The number of benzene rings is 1. The van der Waals surface area contributed by atoms with E-state index < -0.39 is 5.60 Å². The smallest absolute Gasteiger partial charge is 0.134 e. The van der Waals surface area contributed by atoms with Crippen LogP contribution in [0.2, 0.25) is 0 Å². The quantitative estimate of drug-likeness (QED) is 0.773. The van der Waals surface area contributed by atoms with Gasteiger partial charge in [-0.05, 0) is 12.5 Å². The van der Waals surface area contributed by atoms with Crippen molar-refractivity contribution in [2.75, 3.05) is 13.2 Å². The van der Waals surface area contributed by atoms with Gasteiger partial charge in [0.2, 0.25) is 0 Å². The standard InChI is InChI=1S/C13H15NO2/c1-2-16-13(10-6-4-3-5-7-10)11(8-14)12(13)9-15/h3-7,11H,2,8,14H2,1H3. The molecular formula is C13H15NO2. The van der Waals surface area contributed by atoms with Gasteiger partial charge in [0.1, 0.15) is 11.5 Å². The number of hydrogen-bond donors (Lipinski definition) is 1. The zero-order valence-corrected chi connectivity index (χ0v) is 9.27. The summed E-state index contributed by atoms with van der Waals surface area (Å²) in [6, 6.07) is 9.73. The molecule has 2 N–H and O–H groups in total. The van der Waals surface area contributed by atoms with E-state index in [0.717, 1.165) is 5.56 Å². The number of carbonyl (C=O) groups excluding carboxylic acids is 1. The molecule has 0 spiro atoms. The van der Waals surface area contributed by atoms with E-state index in [-0.39, 0.29) is 5.92 Å². The Morgan fingerprint density at radius 1 is 1.44 bits per heavy atom. The van der Waals surface area contributed by atoms with Crippen LogP contribution in [0.3, 0.4) is 0 Å². The Bertz CT molecular complexity index is 423. The van der Waals surface area contributed by atoms with Crippen molar-refractivity contribution < 1.29 is 9.53 Å². The second-order valence-electron chi connectivity index (χ2n) is 3.84. The van der Waals surface area contributed by atoms with Crippen LogP contribution in [0, 0.1) is 5.92 Å². The van der Waals surface area contributed by atoms with Crippen molar-refractivity contribution in [2.45, 2.75) is 12.5 Å². The van der Waals surface area contributed by atoms with E-state index in [1.54, 1.807) is 0 Å². The summed E-state index contributed by atoms with van der Waals surface area (Å²) < 4.78 is 5.75. The number of nitrogens with two attached hydrogens (primary N) is 1. The average Bonchev–Trinajstić information content (AvgIpc) is 2.98. The molecule has 3 nitrogen and oxygen atoms in total. The molecule has 0 aromatic heterocycles. The van der Waals surface area contributed by atoms with E-state index in [9.17, 15) is 4.79 Å². The number of hydrogen-bond acceptors (Lipinski definition) is 3. The van der Waals surface area contributed by atoms with Gasteiger partial charge in [-0.25, -0.2) is 4.79 Å². The van der Waals surface area contributed by atoms with Crippen molar-refractivity contribution in [3.63, 3.8) is 0 Å². The third-order valence-corrected chi connectivity index (χ3v) is 3.08. The van der Waals surface area contributed by atoms with E-state index in [4.69, 9.17) is 10.5 Å². The molecule has 2 atom stereocenters. The molecule has 0 aliphatic heterocycles. The topological polar surface area (TPSA) is 52.3 Å². The molecule has 0 radical (unpaired) electrons. The molecule has 1 aliphatic carbocycles. The third kappa shape index (κ3) is 1.41. The van der Waals surface area contributed by atoms with Crippen LogP contribution < -0.4 is 5.73 Å². The summed E-state index contributed by atoms with van der Waals surface area (Å²) in [5, 5.41) is 0. The Labute approximate surface area is 94.9 Å². The lowest BCUT2D eigenvalue weighted by Gasteiger charge is -2.16. The van der Waals surface area contributed by atoms with Crippen LogP contribution in [-0.2, 0) is 15.1 Å². The summed E-state index contributed by atoms with van der Waals surface area (Å²) in [5.74, 6) is 1.95. The first-order valence-corrected chi connectivity index (χ1v) is 5.46. The molecular weight excluding hydrogens is 202 g/mol. The first-order valence-electron chi connectivity index (χ1n) is 5.46. The second kappa shape index (κ2) is 4.22. The normalized spacial score (nSPS) is 27.6. The van der Waals surface area contributed by atoms with Gasteiger partial charge in [-0.1, -0.05) is 30.3 Å².